The molecule has 130 valence electrons. The fraction of sp³-hybridized carbons (Fsp3) is 0.471. The molecule has 0 saturated carbocycles. The van der Waals surface area contributed by atoms with Crippen molar-refractivity contribution in [3.8, 4) is 0 Å². The van der Waals surface area contributed by atoms with Crippen molar-refractivity contribution in [2.75, 3.05) is 13.2 Å². The molecule has 1 unspecified atom stereocenters. The van der Waals surface area contributed by atoms with Gasteiger partial charge in [-0.1, -0.05) is 23.7 Å². The normalized spacial score (nSPS) is 17.6. The predicted molar refractivity (Wildman–Crippen MR) is 93.0 cm³/mol. The molecule has 7 heteroatoms. The molecule has 6 nitrogen and oxygen atoms in total. The lowest BCUT2D eigenvalue weighted by atomic mass is 10.1. The molecule has 0 radical (unpaired) electrons. The standard InChI is InChI=1S/C17H22ClN3O3/c1-12(9-16(22)19-11-15-3-2-8-24-15)20-21-17(23)10-13-4-6-14(18)7-5-13/h4-7,15H,2-3,8-11H2,1H3,(H,19,22)(H,21,23)/b20-12+. The SMILES string of the molecule is C/C(CC(=O)NCC1CCCO1)=N\NC(=O)Cc1ccc(Cl)cc1. The van der Waals surface area contributed by atoms with Crippen LogP contribution >= 0.6 is 11.6 Å². The minimum Gasteiger partial charge on any atom is -0.376 e. The number of benzene rings is 1. The highest BCUT2D eigenvalue weighted by Crippen LogP contribution is 2.11. The van der Waals surface area contributed by atoms with E-state index in [4.69, 9.17) is 16.3 Å². The van der Waals surface area contributed by atoms with Crippen LogP contribution in [0.1, 0.15) is 31.7 Å². The number of carbonyl (C=O) groups is 2. The minimum atomic E-state index is -0.239. The van der Waals surface area contributed by atoms with Gasteiger partial charge in [0.25, 0.3) is 0 Å². The highest BCUT2D eigenvalue weighted by atomic mass is 35.5. The van der Waals surface area contributed by atoms with E-state index in [-0.39, 0.29) is 30.8 Å². The second kappa shape index (κ2) is 9.39. The first-order valence-corrected chi connectivity index (χ1v) is 8.35. The van der Waals surface area contributed by atoms with Crippen LogP contribution in [0.2, 0.25) is 5.02 Å². The van der Waals surface area contributed by atoms with Gasteiger partial charge in [0.2, 0.25) is 11.8 Å². The molecule has 1 atom stereocenters. The maximum atomic E-state index is 11.8. The van der Waals surface area contributed by atoms with Gasteiger partial charge in [-0.05, 0) is 37.5 Å². The molecule has 1 aromatic rings. The second-order valence-electron chi connectivity index (χ2n) is 5.80. The Kier molecular flexibility index (Phi) is 7.21. The Balaban J connectivity index is 1.68. The smallest absolute Gasteiger partial charge is 0.244 e. The van der Waals surface area contributed by atoms with Gasteiger partial charge in [-0.15, -0.1) is 0 Å². The summed E-state index contributed by atoms with van der Waals surface area (Å²) in [5.74, 6) is -0.366. The van der Waals surface area contributed by atoms with Gasteiger partial charge in [-0.3, -0.25) is 9.59 Å². The first kappa shape index (κ1) is 18.4. The molecule has 0 aromatic heterocycles. The van der Waals surface area contributed by atoms with Crippen LogP contribution in [0.15, 0.2) is 29.4 Å². The minimum absolute atomic E-state index is 0.116. The number of hydrogen-bond acceptors (Lipinski definition) is 4. The van der Waals surface area contributed by atoms with E-state index in [0.29, 0.717) is 17.3 Å². The van der Waals surface area contributed by atoms with E-state index in [2.05, 4.69) is 15.8 Å². The maximum Gasteiger partial charge on any atom is 0.244 e. The van der Waals surface area contributed by atoms with E-state index in [1.165, 1.54) is 0 Å². The molecule has 1 heterocycles. The van der Waals surface area contributed by atoms with Crippen molar-refractivity contribution < 1.29 is 14.3 Å². The summed E-state index contributed by atoms with van der Waals surface area (Å²) >= 11 is 5.80. The summed E-state index contributed by atoms with van der Waals surface area (Å²) in [7, 11) is 0. The van der Waals surface area contributed by atoms with E-state index in [0.717, 1.165) is 25.0 Å². The Labute approximate surface area is 146 Å². The fourth-order valence-electron chi connectivity index (χ4n) is 2.35. The van der Waals surface area contributed by atoms with Crippen LogP contribution in [-0.4, -0.2) is 36.8 Å². The second-order valence-corrected chi connectivity index (χ2v) is 6.24. The molecular formula is C17H22ClN3O3. The third-order valence-electron chi connectivity index (χ3n) is 3.62. The third-order valence-corrected chi connectivity index (χ3v) is 3.87. The van der Waals surface area contributed by atoms with Crippen molar-refractivity contribution >= 4 is 29.1 Å². The van der Waals surface area contributed by atoms with E-state index in [1.54, 1.807) is 31.2 Å². The Bertz CT molecular complexity index is 596. The van der Waals surface area contributed by atoms with Gasteiger partial charge in [-0.25, -0.2) is 5.43 Å². The Morgan fingerprint density at radius 2 is 2.04 bits per heavy atom. The topological polar surface area (TPSA) is 79.8 Å². The molecule has 1 aliphatic heterocycles. The number of carbonyl (C=O) groups excluding carboxylic acids is 2. The van der Waals surface area contributed by atoms with Crippen molar-refractivity contribution in [2.24, 2.45) is 5.10 Å². The number of ether oxygens (including phenoxy) is 1. The van der Waals surface area contributed by atoms with Crippen molar-refractivity contribution in [2.45, 2.75) is 38.7 Å². The zero-order valence-corrected chi connectivity index (χ0v) is 14.4. The highest BCUT2D eigenvalue weighted by Gasteiger charge is 2.16. The monoisotopic (exact) mass is 351 g/mol. The predicted octanol–water partition coefficient (Wildman–Crippen LogP) is 2.06. The van der Waals surface area contributed by atoms with Gasteiger partial charge in [0.15, 0.2) is 0 Å². The third kappa shape index (κ3) is 6.68. The van der Waals surface area contributed by atoms with Gasteiger partial charge >= 0.3 is 0 Å². The van der Waals surface area contributed by atoms with Gasteiger partial charge in [-0.2, -0.15) is 5.10 Å². The Morgan fingerprint density at radius 1 is 1.29 bits per heavy atom. The van der Waals surface area contributed by atoms with Crippen molar-refractivity contribution in [1.29, 1.82) is 0 Å². The lowest BCUT2D eigenvalue weighted by Gasteiger charge is -2.10. The molecule has 0 bridgehead atoms. The number of amides is 2. The van der Waals surface area contributed by atoms with Crippen LogP contribution in [0.25, 0.3) is 0 Å². The molecule has 2 amide bonds. The highest BCUT2D eigenvalue weighted by molar-refractivity contribution is 6.30. The molecule has 1 saturated heterocycles. The van der Waals surface area contributed by atoms with Gasteiger partial charge in [0, 0.05) is 23.9 Å². The summed E-state index contributed by atoms with van der Waals surface area (Å²) in [6, 6.07) is 7.04. The van der Waals surface area contributed by atoms with Gasteiger partial charge < -0.3 is 10.1 Å². The molecular weight excluding hydrogens is 330 g/mol. The maximum absolute atomic E-state index is 11.8. The molecule has 24 heavy (non-hydrogen) atoms. The van der Waals surface area contributed by atoms with Crippen molar-refractivity contribution in [1.82, 2.24) is 10.7 Å². The lowest BCUT2D eigenvalue weighted by molar-refractivity contribution is -0.121. The molecule has 2 rings (SSSR count). The van der Waals surface area contributed by atoms with Gasteiger partial charge in [0.05, 0.1) is 18.9 Å². The quantitative estimate of drug-likeness (QED) is 0.583. The summed E-state index contributed by atoms with van der Waals surface area (Å²) < 4.78 is 5.44. The van der Waals surface area contributed by atoms with Crippen molar-refractivity contribution in [3.63, 3.8) is 0 Å². The number of hydrogen-bond donors (Lipinski definition) is 2. The Hall–Kier alpha value is -1.92. The summed E-state index contributed by atoms with van der Waals surface area (Å²) in [5.41, 5.74) is 3.85. The van der Waals surface area contributed by atoms with Crippen LogP contribution in [0.4, 0.5) is 0 Å². The number of nitrogens with zero attached hydrogens (tertiary/aromatic N) is 1. The number of hydrazone groups is 1. The van der Waals surface area contributed by atoms with Gasteiger partial charge in [0.1, 0.15) is 0 Å². The molecule has 0 spiro atoms. The molecule has 1 aromatic carbocycles. The summed E-state index contributed by atoms with van der Waals surface area (Å²) in [4.78, 5) is 23.6. The van der Waals surface area contributed by atoms with E-state index < -0.39 is 0 Å². The number of nitrogens with one attached hydrogen (secondary N) is 2. The largest absolute Gasteiger partial charge is 0.376 e. The average Bonchev–Trinajstić information content (AvgIpc) is 3.07. The summed E-state index contributed by atoms with van der Waals surface area (Å²) in [6.45, 7) is 2.99. The fourth-order valence-corrected chi connectivity index (χ4v) is 2.48. The zero-order chi connectivity index (χ0) is 17.4. The molecule has 0 aliphatic carbocycles. The van der Waals surface area contributed by atoms with Crippen LogP contribution < -0.4 is 10.7 Å². The summed E-state index contributed by atoms with van der Waals surface area (Å²) in [5, 5.41) is 7.40. The van der Waals surface area contributed by atoms with Crippen LogP contribution in [-0.2, 0) is 20.7 Å². The van der Waals surface area contributed by atoms with E-state index >= 15 is 0 Å². The van der Waals surface area contributed by atoms with Crippen LogP contribution in [0, 0.1) is 0 Å². The molecule has 2 N–H and O–H groups in total. The number of halogens is 1. The zero-order valence-electron chi connectivity index (χ0n) is 13.7. The average molecular weight is 352 g/mol. The number of rotatable bonds is 7. The van der Waals surface area contributed by atoms with Crippen LogP contribution in [0.3, 0.4) is 0 Å². The lowest BCUT2D eigenvalue weighted by Crippen LogP contribution is -2.33. The molecule has 1 aliphatic rings. The first-order chi connectivity index (χ1) is 11.5. The summed E-state index contributed by atoms with van der Waals surface area (Å²) in [6.07, 6.45) is 2.49. The Morgan fingerprint density at radius 3 is 2.71 bits per heavy atom. The van der Waals surface area contributed by atoms with E-state index in [9.17, 15) is 9.59 Å². The first-order valence-electron chi connectivity index (χ1n) is 7.97. The molecule has 1 fully saturated rings. The van der Waals surface area contributed by atoms with Crippen molar-refractivity contribution in [3.05, 3.63) is 34.9 Å². The van der Waals surface area contributed by atoms with E-state index in [1.807, 2.05) is 0 Å². The van der Waals surface area contributed by atoms with Crippen LogP contribution in [0.5, 0.6) is 0 Å².